The second kappa shape index (κ2) is 3.18. The Labute approximate surface area is 80.3 Å². The van der Waals surface area contributed by atoms with Crippen LogP contribution < -0.4 is 0 Å². The molecule has 0 spiro atoms. The zero-order valence-corrected chi connectivity index (χ0v) is 7.75. The van der Waals surface area contributed by atoms with Gasteiger partial charge in [-0.25, -0.2) is 0 Å². The summed E-state index contributed by atoms with van der Waals surface area (Å²) >= 11 is 5.61. The van der Waals surface area contributed by atoms with E-state index in [-0.39, 0.29) is 0 Å². The maximum atomic E-state index is 5.61. The summed E-state index contributed by atoms with van der Waals surface area (Å²) in [4.78, 5) is 4.01. The normalized spacial score (nSPS) is 10.3. The van der Waals surface area contributed by atoms with Crippen LogP contribution in [0.3, 0.4) is 0 Å². The van der Waals surface area contributed by atoms with Gasteiger partial charge in [0.1, 0.15) is 5.69 Å². The van der Waals surface area contributed by atoms with Crippen molar-refractivity contribution in [3.63, 3.8) is 0 Å². The lowest BCUT2D eigenvalue weighted by Crippen LogP contribution is -1.83. The third-order valence-corrected chi connectivity index (χ3v) is 1.97. The molecule has 0 amide bonds. The van der Waals surface area contributed by atoms with E-state index >= 15 is 0 Å². The van der Waals surface area contributed by atoms with Gasteiger partial charge in [-0.05, 0) is 30.2 Å². The van der Waals surface area contributed by atoms with Crippen molar-refractivity contribution in [1.82, 2.24) is 10.1 Å². The molecule has 4 heteroatoms. The fourth-order valence-electron chi connectivity index (χ4n) is 1.11. The average Bonchev–Trinajstić information content (AvgIpc) is 2.53. The molecule has 2 aromatic heterocycles. The lowest BCUT2D eigenvalue weighted by atomic mass is 10.1. The zero-order chi connectivity index (χ0) is 9.26. The van der Waals surface area contributed by atoms with Crippen LogP contribution in [0.4, 0.5) is 0 Å². The maximum absolute atomic E-state index is 5.61. The zero-order valence-electron chi connectivity index (χ0n) is 6.99. The van der Waals surface area contributed by atoms with Crippen LogP contribution in [-0.2, 0) is 0 Å². The molecule has 0 aliphatic carbocycles. The topological polar surface area (TPSA) is 38.9 Å². The number of rotatable bonds is 1. The molecular formula is C9H7ClN2O. The summed E-state index contributed by atoms with van der Waals surface area (Å²) in [5.74, 6) is 0. The molecular weight excluding hydrogens is 188 g/mol. The Kier molecular flexibility index (Phi) is 2.02. The van der Waals surface area contributed by atoms with Gasteiger partial charge in [0, 0.05) is 24.0 Å². The second-order valence-electron chi connectivity index (χ2n) is 2.71. The summed E-state index contributed by atoms with van der Waals surface area (Å²) in [6.45, 7) is 1.99. The highest BCUT2D eigenvalue weighted by Crippen LogP contribution is 2.23. The van der Waals surface area contributed by atoms with Gasteiger partial charge in [-0.3, -0.25) is 4.98 Å². The monoisotopic (exact) mass is 194 g/mol. The molecule has 0 fully saturated rings. The molecule has 0 aliphatic heterocycles. The summed E-state index contributed by atoms with van der Waals surface area (Å²) in [6.07, 6.45) is 3.48. The lowest BCUT2D eigenvalue weighted by molar-refractivity contribution is 0.424. The van der Waals surface area contributed by atoms with Crippen LogP contribution in [0.25, 0.3) is 11.3 Å². The molecule has 0 bridgehead atoms. The molecule has 0 saturated carbocycles. The first kappa shape index (κ1) is 8.26. The van der Waals surface area contributed by atoms with Gasteiger partial charge >= 0.3 is 0 Å². The van der Waals surface area contributed by atoms with Gasteiger partial charge in [0.05, 0.1) is 0 Å². The molecule has 0 radical (unpaired) electrons. The van der Waals surface area contributed by atoms with Crippen LogP contribution in [-0.4, -0.2) is 10.1 Å². The van der Waals surface area contributed by atoms with E-state index in [1.165, 1.54) is 0 Å². The first-order chi connectivity index (χ1) is 6.27. The smallest absolute Gasteiger partial charge is 0.226 e. The number of hydrogen-bond donors (Lipinski definition) is 0. The number of aromatic nitrogens is 2. The highest BCUT2D eigenvalue weighted by Gasteiger charge is 2.06. The number of pyridine rings is 1. The van der Waals surface area contributed by atoms with E-state index in [2.05, 4.69) is 10.1 Å². The molecule has 3 nitrogen and oxygen atoms in total. The van der Waals surface area contributed by atoms with Gasteiger partial charge in [-0.1, -0.05) is 5.16 Å². The quantitative estimate of drug-likeness (QED) is 0.701. The van der Waals surface area contributed by atoms with Crippen LogP contribution in [0.2, 0.25) is 5.22 Å². The largest absolute Gasteiger partial charge is 0.344 e. The highest BCUT2D eigenvalue weighted by molar-refractivity contribution is 6.29. The maximum Gasteiger partial charge on any atom is 0.226 e. The summed E-state index contributed by atoms with van der Waals surface area (Å²) in [5.41, 5.74) is 2.76. The third-order valence-electron chi connectivity index (χ3n) is 1.80. The minimum absolute atomic E-state index is 0.290. The Morgan fingerprint density at radius 3 is 2.92 bits per heavy atom. The highest BCUT2D eigenvalue weighted by atomic mass is 35.5. The van der Waals surface area contributed by atoms with Crippen molar-refractivity contribution in [3.05, 3.63) is 35.3 Å². The molecule has 0 atom stereocenters. The summed E-state index contributed by atoms with van der Waals surface area (Å²) in [6, 6.07) is 3.59. The first-order valence-corrected chi connectivity index (χ1v) is 4.18. The number of nitrogens with zero attached hydrogens (tertiary/aromatic N) is 2. The van der Waals surface area contributed by atoms with Crippen LogP contribution >= 0.6 is 11.6 Å². The summed E-state index contributed by atoms with van der Waals surface area (Å²) in [7, 11) is 0. The molecule has 0 N–H and O–H groups in total. The van der Waals surface area contributed by atoms with E-state index in [0.717, 1.165) is 16.8 Å². The Morgan fingerprint density at radius 2 is 2.31 bits per heavy atom. The fourth-order valence-corrected chi connectivity index (χ4v) is 1.25. The number of hydrogen-bond acceptors (Lipinski definition) is 3. The van der Waals surface area contributed by atoms with Crippen LogP contribution in [0.1, 0.15) is 5.56 Å². The number of halogens is 1. The summed E-state index contributed by atoms with van der Waals surface area (Å²) < 4.78 is 4.76. The predicted molar refractivity (Wildman–Crippen MR) is 49.5 cm³/mol. The van der Waals surface area contributed by atoms with Crippen LogP contribution in [0.15, 0.2) is 29.0 Å². The van der Waals surface area contributed by atoms with Crippen molar-refractivity contribution in [1.29, 1.82) is 0 Å². The standard InChI is InChI=1S/C9H7ClN2O/c1-6-2-3-11-5-7(6)8-4-9(10)13-12-8/h2-5H,1H3. The van der Waals surface area contributed by atoms with E-state index < -0.39 is 0 Å². The van der Waals surface area contributed by atoms with Crippen molar-refractivity contribution >= 4 is 11.6 Å². The molecule has 0 unspecified atom stereocenters. The first-order valence-electron chi connectivity index (χ1n) is 3.80. The van der Waals surface area contributed by atoms with Gasteiger partial charge in [-0.2, -0.15) is 0 Å². The van der Waals surface area contributed by atoms with Crippen molar-refractivity contribution in [2.75, 3.05) is 0 Å². The predicted octanol–water partition coefficient (Wildman–Crippen LogP) is 2.70. The third kappa shape index (κ3) is 1.55. The van der Waals surface area contributed by atoms with E-state index in [4.69, 9.17) is 16.1 Å². The van der Waals surface area contributed by atoms with E-state index in [9.17, 15) is 0 Å². The molecule has 2 aromatic rings. The number of aryl methyl sites for hydroxylation is 1. The Balaban J connectivity index is 2.52. The minimum atomic E-state index is 0.290. The molecule has 0 saturated heterocycles. The van der Waals surface area contributed by atoms with Crippen molar-refractivity contribution in [3.8, 4) is 11.3 Å². The Morgan fingerprint density at radius 1 is 1.46 bits per heavy atom. The van der Waals surface area contributed by atoms with Crippen molar-refractivity contribution in [2.24, 2.45) is 0 Å². The second-order valence-corrected chi connectivity index (χ2v) is 3.08. The average molecular weight is 195 g/mol. The van der Waals surface area contributed by atoms with Crippen molar-refractivity contribution < 1.29 is 4.52 Å². The molecule has 13 heavy (non-hydrogen) atoms. The van der Waals surface area contributed by atoms with Gasteiger partial charge in [0.25, 0.3) is 0 Å². The molecule has 2 heterocycles. The van der Waals surface area contributed by atoms with Gasteiger partial charge in [-0.15, -0.1) is 0 Å². The molecule has 2 rings (SSSR count). The van der Waals surface area contributed by atoms with Gasteiger partial charge in [0.15, 0.2) is 0 Å². The molecule has 66 valence electrons. The van der Waals surface area contributed by atoms with Crippen LogP contribution in [0.5, 0.6) is 0 Å². The minimum Gasteiger partial charge on any atom is -0.344 e. The summed E-state index contributed by atoms with van der Waals surface area (Å²) in [5, 5.41) is 4.09. The SMILES string of the molecule is Cc1ccncc1-c1cc(Cl)on1. The lowest BCUT2D eigenvalue weighted by Gasteiger charge is -1.97. The van der Waals surface area contributed by atoms with Crippen LogP contribution in [0, 0.1) is 6.92 Å². The van der Waals surface area contributed by atoms with E-state index in [0.29, 0.717) is 5.22 Å². The molecule has 0 aromatic carbocycles. The van der Waals surface area contributed by atoms with Crippen molar-refractivity contribution in [2.45, 2.75) is 6.92 Å². The Bertz CT molecular complexity index is 425. The van der Waals surface area contributed by atoms with E-state index in [1.807, 2.05) is 13.0 Å². The fraction of sp³-hybridized carbons (Fsp3) is 0.111. The molecule has 0 aliphatic rings. The van der Waals surface area contributed by atoms with Gasteiger partial charge in [0.2, 0.25) is 5.22 Å². The van der Waals surface area contributed by atoms with E-state index in [1.54, 1.807) is 18.5 Å². The van der Waals surface area contributed by atoms with Gasteiger partial charge < -0.3 is 4.52 Å². The Hall–Kier alpha value is -1.35.